The van der Waals surface area contributed by atoms with Crippen molar-refractivity contribution < 1.29 is 19.1 Å². The first-order valence-electron chi connectivity index (χ1n) is 9.08. The summed E-state index contributed by atoms with van der Waals surface area (Å²) in [5, 5.41) is 2.95. The fourth-order valence-electron chi connectivity index (χ4n) is 3.06. The van der Waals surface area contributed by atoms with Gasteiger partial charge in [0.25, 0.3) is 5.91 Å². The molecule has 2 aromatic carbocycles. The maximum absolute atomic E-state index is 12.6. The molecule has 27 heavy (non-hydrogen) atoms. The molecule has 0 radical (unpaired) electrons. The topological polar surface area (TPSA) is 67.9 Å². The van der Waals surface area contributed by atoms with E-state index < -0.39 is 6.10 Å². The van der Waals surface area contributed by atoms with Gasteiger partial charge in [0.1, 0.15) is 18.0 Å². The van der Waals surface area contributed by atoms with Crippen molar-refractivity contribution in [2.24, 2.45) is 0 Å². The molecule has 142 valence electrons. The number of nitrogens with one attached hydrogen (secondary N) is 1. The van der Waals surface area contributed by atoms with Gasteiger partial charge in [-0.25, -0.2) is 0 Å². The highest BCUT2D eigenvalue weighted by molar-refractivity contribution is 6.03. The first-order chi connectivity index (χ1) is 13.0. The second-order valence-corrected chi connectivity index (χ2v) is 6.44. The van der Waals surface area contributed by atoms with Crippen molar-refractivity contribution in [1.82, 2.24) is 5.32 Å². The Morgan fingerprint density at radius 2 is 1.93 bits per heavy atom. The number of hydrogen-bond donors (Lipinski definition) is 1. The normalized spacial score (nSPS) is 16.9. The van der Waals surface area contributed by atoms with E-state index in [1.165, 1.54) is 4.90 Å². The van der Waals surface area contributed by atoms with Crippen molar-refractivity contribution in [3.05, 3.63) is 54.1 Å². The van der Waals surface area contributed by atoms with Crippen LogP contribution < -0.4 is 19.7 Å². The van der Waals surface area contributed by atoms with Crippen LogP contribution >= 0.6 is 0 Å². The second kappa shape index (κ2) is 8.12. The lowest BCUT2D eigenvalue weighted by Gasteiger charge is -2.32. The van der Waals surface area contributed by atoms with Gasteiger partial charge in [0.05, 0.1) is 18.3 Å². The third kappa shape index (κ3) is 4.22. The van der Waals surface area contributed by atoms with E-state index in [2.05, 4.69) is 5.32 Å². The molecule has 0 fully saturated rings. The van der Waals surface area contributed by atoms with Crippen LogP contribution in [0.4, 0.5) is 5.69 Å². The van der Waals surface area contributed by atoms with E-state index in [4.69, 9.17) is 9.47 Å². The molecular formula is C21H24N2O4. The maximum atomic E-state index is 12.6. The molecule has 6 heteroatoms. The molecular weight excluding hydrogens is 344 g/mol. The van der Waals surface area contributed by atoms with Gasteiger partial charge in [-0.3, -0.25) is 14.5 Å². The molecule has 2 amide bonds. The van der Waals surface area contributed by atoms with Gasteiger partial charge in [0.15, 0.2) is 6.10 Å². The van der Waals surface area contributed by atoms with Crippen LogP contribution in [-0.2, 0) is 9.59 Å². The number of carbonyl (C=O) groups excluding carboxylic acids is 2. The summed E-state index contributed by atoms with van der Waals surface area (Å²) in [6.07, 6.45) is -0.615. The summed E-state index contributed by atoms with van der Waals surface area (Å²) < 4.78 is 11.0. The van der Waals surface area contributed by atoms with Crippen LogP contribution in [0.2, 0.25) is 0 Å². The Kier molecular flexibility index (Phi) is 5.64. The molecule has 2 atom stereocenters. The van der Waals surface area contributed by atoms with Crippen LogP contribution in [0, 0.1) is 0 Å². The van der Waals surface area contributed by atoms with Gasteiger partial charge in [-0.05, 0) is 50.6 Å². The summed E-state index contributed by atoms with van der Waals surface area (Å²) >= 11 is 0. The molecule has 1 aliphatic heterocycles. The summed E-state index contributed by atoms with van der Waals surface area (Å²) in [4.78, 5) is 26.5. The minimum Gasteiger partial charge on any atom is -0.494 e. The number of para-hydroxylation sites is 2. The van der Waals surface area contributed by atoms with E-state index in [0.717, 1.165) is 11.3 Å². The fourth-order valence-corrected chi connectivity index (χ4v) is 3.06. The van der Waals surface area contributed by atoms with Crippen molar-refractivity contribution in [2.45, 2.75) is 32.9 Å². The number of rotatable bonds is 6. The summed E-state index contributed by atoms with van der Waals surface area (Å²) in [6.45, 7) is 6.09. The molecule has 0 aliphatic carbocycles. The van der Waals surface area contributed by atoms with E-state index in [9.17, 15) is 9.59 Å². The second-order valence-electron chi connectivity index (χ2n) is 6.44. The third-order valence-electron chi connectivity index (χ3n) is 4.44. The van der Waals surface area contributed by atoms with E-state index in [0.29, 0.717) is 18.0 Å². The minimum absolute atomic E-state index is 0.0507. The van der Waals surface area contributed by atoms with E-state index in [-0.39, 0.29) is 24.4 Å². The Bertz CT molecular complexity index is 819. The molecule has 2 aromatic rings. The Morgan fingerprint density at radius 1 is 1.22 bits per heavy atom. The van der Waals surface area contributed by atoms with Gasteiger partial charge in [-0.15, -0.1) is 0 Å². The molecule has 6 nitrogen and oxygen atoms in total. The number of carbonyl (C=O) groups is 2. The maximum Gasteiger partial charge on any atom is 0.268 e. The summed E-state index contributed by atoms with van der Waals surface area (Å²) in [5.41, 5.74) is 1.58. The van der Waals surface area contributed by atoms with Gasteiger partial charge in [0.2, 0.25) is 5.91 Å². The number of fused-ring (bicyclic) bond motifs is 1. The van der Waals surface area contributed by atoms with Crippen molar-refractivity contribution in [2.75, 3.05) is 18.1 Å². The number of hydrogen-bond acceptors (Lipinski definition) is 4. The van der Waals surface area contributed by atoms with Gasteiger partial charge in [-0.2, -0.15) is 0 Å². The largest absolute Gasteiger partial charge is 0.494 e. The summed E-state index contributed by atoms with van der Waals surface area (Å²) in [6, 6.07) is 14.7. The standard InChI is InChI=1S/C21H24N2O4/c1-4-26-17-11-9-16(10-12-17)14(2)22-20(24)13-23-18-7-5-6-8-19(18)27-15(3)21(23)25/h5-12,14-15H,4,13H2,1-3H3,(H,22,24). The quantitative estimate of drug-likeness (QED) is 0.851. The summed E-state index contributed by atoms with van der Waals surface area (Å²) in [5.74, 6) is 0.951. The molecule has 0 saturated heterocycles. The number of amides is 2. The highest BCUT2D eigenvalue weighted by Gasteiger charge is 2.32. The van der Waals surface area contributed by atoms with Crippen molar-refractivity contribution in [3.63, 3.8) is 0 Å². The lowest BCUT2D eigenvalue weighted by Crippen LogP contribution is -2.49. The van der Waals surface area contributed by atoms with Gasteiger partial charge in [-0.1, -0.05) is 24.3 Å². The first-order valence-corrected chi connectivity index (χ1v) is 9.08. The Hall–Kier alpha value is -3.02. The SMILES string of the molecule is CCOc1ccc(C(C)NC(=O)CN2C(=O)C(C)Oc3ccccc32)cc1. The predicted molar refractivity (Wildman–Crippen MR) is 103 cm³/mol. The number of nitrogens with zero attached hydrogens (tertiary/aromatic N) is 1. The molecule has 0 bridgehead atoms. The number of ether oxygens (including phenoxy) is 2. The smallest absolute Gasteiger partial charge is 0.268 e. The molecule has 2 unspecified atom stereocenters. The molecule has 1 aliphatic rings. The van der Waals surface area contributed by atoms with Crippen LogP contribution in [0.25, 0.3) is 0 Å². The molecule has 0 spiro atoms. The third-order valence-corrected chi connectivity index (χ3v) is 4.44. The van der Waals surface area contributed by atoms with Crippen LogP contribution in [0.15, 0.2) is 48.5 Å². The molecule has 0 saturated carbocycles. The fraction of sp³-hybridized carbons (Fsp3) is 0.333. The van der Waals surface area contributed by atoms with Gasteiger partial charge in [0, 0.05) is 0 Å². The van der Waals surface area contributed by atoms with E-state index in [1.807, 2.05) is 50.2 Å². The summed E-state index contributed by atoms with van der Waals surface area (Å²) in [7, 11) is 0. The van der Waals surface area contributed by atoms with Crippen LogP contribution in [0.1, 0.15) is 32.4 Å². The molecule has 1 heterocycles. The van der Waals surface area contributed by atoms with Crippen molar-refractivity contribution >= 4 is 17.5 Å². The van der Waals surface area contributed by atoms with Crippen LogP contribution in [-0.4, -0.2) is 31.1 Å². The van der Waals surface area contributed by atoms with E-state index in [1.54, 1.807) is 19.1 Å². The monoisotopic (exact) mass is 368 g/mol. The highest BCUT2D eigenvalue weighted by atomic mass is 16.5. The number of anilines is 1. The van der Waals surface area contributed by atoms with Crippen LogP contribution in [0.5, 0.6) is 11.5 Å². The first kappa shape index (κ1) is 18.8. The molecule has 0 aromatic heterocycles. The van der Waals surface area contributed by atoms with Crippen molar-refractivity contribution in [3.8, 4) is 11.5 Å². The lowest BCUT2D eigenvalue weighted by molar-refractivity contribution is -0.128. The van der Waals surface area contributed by atoms with Crippen molar-refractivity contribution in [1.29, 1.82) is 0 Å². The minimum atomic E-state index is -0.615. The highest BCUT2D eigenvalue weighted by Crippen LogP contribution is 2.33. The zero-order valence-electron chi connectivity index (χ0n) is 15.8. The average Bonchev–Trinajstić information content (AvgIpc) is 2.66. The lowest BCUT2D eigenvalue weighted by atomic mass is 10.1. The average molecular weight is 368 g/mol. The Labute approximate surface area is 159 Å². The zero-order valence-corrected chi connectivity index (χ0v) is 15.8. The zero-order chi connectivity index (χ0) is 19.4. The van der Waals surface area contributed by atoms with Gasteiger partial charge < -0.3 is 14.8 Å². The van der Waals surface area contributed by atoms with Gasteiger partial charge >= 0.3 is 0 Å². The Balaban J connectivity index is 1.67. The molecule has 1 N–H and O–H groups in total. The number of benzene rings is 2. The Morgan fingerprint density at radius 3 is 2.63 bits per heavy atom. The van der Waals surface area contributed by atoms with E-state index >= 15 is 0 Å². The molecule has 3 rings (SSSR count). The predicted octanol–water partition coefficient (Wildman–Crippen LogP) is 3.08. The van der Waals surface area contributed by atoms with Crippen LogP contribution in [0.3, 0.4) is 0 Å².